The van der Waals surface area contributed by atoms with Crippen LogP contribution in [-0.2, 0) is 0 Å². The van der Waals surface area contributed by atoms with Gasteiger partial charge in [-0.3, -0.25) is 9.89 Å². The molecule has 3 rings (SSSR count). The number of nitrogens with zero attached hydrogens (tertiary/aromatic N) is 1. The first-order valence-electron chi connectivity index (χ1n) is 6.34. The topological polar surface area (TPSA) is 83.8 Å². The van der Waals surface area contributed by atoms with Crippen LogP contribution in [0.1, 0.15) is 47.8 Å². The van der Waals surface area contributed by atoms with Gasteiger partial charge in [-0.2, -0.15) is 5.10 Å². The van der Waals surface area contributed by atoms with E-state index >= 15 is 0 Å². The normalized spacial score (nSPS) is 21.2. The molecule has 2 aliphatic carbocycles. The van der Waals surface area contributed by atoms with E-state index in [1.54, 1.807) is 0 Å². The Bertz CT molecular complexity index is 420. The lowest BCUT2D eigenvalue weighted by molar-refractivity contribution is 0.0928. The highest BCUT2D eigenvalue weighted by atomic mass is 16.2. The molecule has 1 unspecified atom stereocenters. The molecule has 1 amide bonds. The van der Waals surface area contributed by atoms with Gasteiger partial charge in [-0.1, -0.05) is 0 Å². The maximum Gasteiger partial charge on any atom is 0.272 e. The predicted molar refractivity (Wildman–Crippen MR) is 63.6 cm³/mol. The first-order chi connectivity index (χ1) is 8.28. The zero-order chi connectivity index (χ0) is 11.8. The molecule has 2 aliphatic rings. The van der Waals surface area contributed by atoms with Crippen molar-refractivity contribution < 1.29 is 4.79 Å². The predicted octanol–water partition coefficient (Wildman–Crippen LogP) is 0.754. The summed E-state index contributed by atoms with van der Waals surface area (Å²) in [5, 5.41) is 9.98. The summed E-state index contributed by atoms with van der Waals surface area (Å²) >= 11 is 0. The molecule has 1 aromatic heterocycles. The average molecular weight is 234 g/mol. The number of aromatic amines is 1. The van der Waals surface area contributed by atoms with Crippen LogP contribution >= 0.6 is 0 Å². The first-order valence-corrected chi connectivity index (χ1v) is 6.34. The maximum atomic E-state index is 12.0. The summed E-state index contributed by atoms with van der Waals surface area (Å²) in [5.41, 5.74) is 7.24. The number of aromatic nitrogens is 2. The van der Waals surface area contributed by atoms with E-state index < -0.39 is 0 Å². The van der Waals surface area contributed by atoms with E-state index in [-0.39, 0.29) is 11.9 Å². The molecule has 5 heteroatoms. The molecule has 0 bridgehead atoms. The molecule has 4 N–H and O–H groups in total. The SMILES string of the molecule is NCC(NC(=O)c1cc(C2CC2)[nH]n1)C1CC1. The van der Waals surface area contributed by atoms with Crippen molar-refractivity contribution in [3.63, 3.8) is 0 Å². The van der Waals surface area contributed by atoms with Gasteiger partial charge in [0.2, 0.25) is 0 Å². The van der Waals surface area contributed by atoms with Gasteiger partial charge in [-0.05, 0) is 37.7 Å². The van der Waals surface area contributed by atoms with Crippen molar-refractivity contribution in [1.29, 1.82) is 0 Å². The van der Waals surface area contributed by atoms with E-state index in [1.165, 1.54) is 25.7 Å². The van der Waals surface area contributed by atoms with E-state index in [4.69, 9.17) is 5.73 Å². The Morgan fingerprint density at radius 1 is 1.53 bits per heavy atom. The summed E-state index contributed by atoms with van der Waals surface area (Å²) in [5.74, 6) is 1.07. The quantitative estimate of drug-likeness (QED) is 0.703. The van der Waals surface area contributed by atoms with Crippen LogP contribution in [0, 0.1) is 5.92 Å². The second-order valence-electron chi connectivity index (χ2n) is 5.14. The van der Waals surface area contributed by atoms with E-state index in [0.29, 0.717) is 24.1 Å². The molecule has 2 fully saturated rings. The average Bonchev–Trinajstić information content (AvgIpc) is 3.25. The van der Waals surface area contributed by atoms with Crippen molar-refractivity contribution in [2.45, 2.75) is 37.6 Å². The summed E-state index contributed by atoms with van der Waals surface area (Å²) in [6.45, 7) is 0.510. The molecule has 92 valence electrons. The number of nitrogens with two attached hydrogens (primary N) is 1. The monoisotopic (exact) mass is 234 g/mol. The van der Waals surface area contributed by atoms with Crippen LogP contribution in [0.15, 0.2) is 6.07 Å². The number of rotatable bonds is 5. The molecule has 0 aromatic carbocycles. The Balaban J connectivity index is 1.63. The summed E-state index contributed by atoms with van der Waals surface area (Å²) in [6.07, 6.45) is 4.76. The fourth-order valence-electron chi connectivity index (χ4n) is 2.17. The molecule has 0 saturated heterocycles. The highest BCUT2D eigenvalue weighted by Gasteiger charge is 2.32. The minimum Gasteiger partial charge on any atom is -0.346 e. The molecule has 17 heavy (non-hydrogen) atoms. The van der Waals surface area contributed by atoms with E-state index in [1.807, 2.05) is 6.07 Å². The lowest BCUT2D eigenvalue weighted by Crippen LogP contribution is -2.41. The third-order valence-corrected chi connectivity index (χ3v) is 3.61. The van der Waals surface area contributed by atoms with Crippen molar-refractivity contribution in [3.05, 3.63) is 17.5 Å². The van der Waals surface area contributed by atoms with Gasteiger partial charge in [0, 0.05) is 24.2 Å². The molecule has 1 heterocycles. The van der Waals surface area contributed by atoms with Crippen molar-refractivity contribution in [1.82, 2.24) is 15.5 Å². The van der Waals surface area contributed by atoms with Gasteiger partial charge < -0.3 is 11.1 Å². The van der Waals surface area contributed by atoms with Crippen molar-refractivity contribution in [3.8, 4) is 0 Å². The summed E-state index contributed by atoms with van der Waals surface area (Å²) in [6, 6.07) is 1.98. The van der Waals surface area contributed by atoms with Crippen LogP contribution in [0.4, 0.5) is 0 Å². The van der Waals surface area contributed by atoms with Gasteiger partial charge in [0.1, 0.15) is 5.69 Å². The van der Waals surface area contributed by atoms with Crippen molar-refractivity contribution in [2.75, 3.05) is 6.54 Å². The molecule has 0 aliphatic heterocycles. The fourth-order valence-corrected chi connectivity index (χ4v) is 2.17. The zero-order valence-electron chi connectivity index (χ0n) is 9.78. The smallest absolute Gasteiger partial charge is 0.272 e. The number of hydrogen-bond acceptors (Lipinski definition) is 3. The molecule has 1 atom stereocenters. The van der Waals surface area contributed by atoms with Crippen LogP contribution in [0.25, 0.3) is 0 Å². The molecule has 1 aromatic rings. The fraction of sp³-hybridized carbons (Fsp3) is 0.667. The number of amides is 1. The van der Waals surface area contributed by atoms with E-state index in [2.05, 4.69) is 15.5 Å². The van der Waals surface area contributed by atoms with Crippen LogP contribution in [0.3, 0.4) is 0 Å². The Kier molecular flexibility index (Phi) is 2.63. The molecular weight excluding hydrogens is 216 g/mol. The lowest BCUT2D eigenvalue weighted by atomic mass is 10.2. The number of carbonyl (C=O) groups is 1. The Morgan fingerprint density at radius 2 is 2.29 bits per heavy atom. The maximum absolute atomic E-state index is 12.0. The number of H-pyrrole nitrogens is 1. The van der Waals surface area contributed by atoms with Crippen molar-refractivity contribution in [2.24, 2.45) is 11.7 Å². The highest BCUT2D eigenvalue weighted by molar-refractivity contribution is 5.92. The minimum atomic E-state index is -0.101. The molecule has 2 saturated carbocycles. The Morgan fingerprint density at radius 3 is 2.88 bits per heavy atom. The number of carbonyl (C=O) groups excluding carboxylic acids is 1. The van der Waals surface area contributed by atoms with Gasteiger partial charge in [0.15, 0.2) is 0 Å². The summed E-state index contributed by atoms with van der Waals surface area (Å²) in [7, 11) is 0. The van der Waals surface area contributed by atoms with E-state index in [9.17, 15) is 4.79 Å². The molecule has 0 spiro atoms. The van der Waals surface area contributed by atoms with Gasteiger partial charge in [-0.15, -0.1) is 0 Å². The van der Waals surface area contributed by atoms with Crippen LogP contribution < -0.4 is 11.1 Å². The summed E-state index contributed by atoms with van der Waals surface area (Å²) < 4.78 is 0. The molecule has 0 radical (unpaired) electrons. The second-order valence-corrected chi connectivity index (χ2v) is 5.14. The lowest BCUT2D eigenvalue weighted by Gasteiger charge is -2.14. The zero-order valence-corrected chi connectivity index (χ0v) is 9.78. The molecular formula is C12H18N4O. The third kappa shape index (κ3) is 2.34. The first kappa shape index (κ1) is 10.8. The third-order valence-electron chi connectivity index (χ3n) is 3.61. The Labute approximate surface area is 100 Å². The largest absolute Gasteiger partial charge is 0.346 e. The standard InChI is InChI=1S/C12H18N4O/c13-6-11(8-3-4-8)14-12(17)10-5-9(15-16-10)7-1-2-7/h5,7-8,11H,1-4,6,13H2,(H,14,17)(H,15,16). The van der Waals surface area contributed by atoms with Gasteiger partial charge in [0.25, 0.3) is 5.91 Å². The number of hydrogen-bond donors (Lipinski definition) is 3. The van der Waals surface area contributed by atoms with Gasteiger partial charge in [0.05, 0.1) is 0 Å². The molecule has 5 nitrogen and oxygen atoms in total. The van der Waals surface area contributed by atoms with Crippen LogP contribution in [0.5, 0.6) is 0 Å². The number of nitrogens with one attached hydrogen (secondary N) is 2. The Hall–Kier alpha value is -1.36. The second kappa shape index (κ2) is 4.14. The van der Waals surface area contributed by atoms with Gasteiger partial charge in [-0.25, -0.2) is 0 Å². The van der Waals surface area contributed by atoms with Crippen molar-refractivity contribution >= 4 is 5.91 Å². The minimum absolute atomic E-state index is 0.101. The van der Waals surface area contributed by atoms with Gasteiger partial charge >= 0.3 is 0 Å². The van der Waals surface area contributed by atoms with Crippen LogP contribution in [0.2, 0.25) is 0 Å². The summed E-state index contributed by atoms with van der Waals surface area (Å²) in [4.78, 5) is 12.0. The highest BCUT2D eigenvalue weighted by Crippen LogP contribution is 2.39. The van der Waals surface area contributed by atoms with E-state index in [0.717, 1.165) is 5.69 Å². The van der Waals surface area contributed by atoms with Crippen LogP contribution in [-0.4, -0.2) is 28.7 Å².